The SMILES string of the molecule is Cn1c2c(c3ccccc31)C(=O)CNC2. The first kappa shape index (κ1) is 8.68. The van der Waals surface area contributed by atoms with Crippen molar-refractivity contribution in [1.29, 1.82) is 0 Å². The molecule has 0 fully saturated rings. The molecule has 0 amide bonds. The van der Waals surface area contributed by atoms with E-state index in [4.69, 9.17) is 0 Å². The lowest BCUT2D eigenvalue weighted by molar-refractivity contribution is 0.0983. The molecular formula is C12H12N2O. The van der Waals surface area contributed by atoms with Gasteiger partial charge in [-0.25, -0.2) is 0 Å². The number of nitrogens with zero attached hydrogens (tertiary/aromatic N) is 1. The summed E-state index contributed by atoms with van der Waals surface area (Å²) in [7, 11) is 2.02. The summed E-state index contributed by atoms with van der Waals surface area (Å²) in [6.45, 7) is 1.24. The predicted octanol–water partition coefficient (Wildman–Crippen LogP) is 1.46. The van der Waals surface area contributed by atoms with Gasteiger partial charge < -0.3 is 9.88 Å². The Labute approximate surface area is 87.7 Å². The predicted molar refractivity (Wildman–Crippen MR) is 59.0 cm³/mol. The Bertz CT molecular complexity index is 554. The first-order valence-electron chi connectivity index (χ1n) is 5.09. The summed E-state index contributed by atoms with van der Waals surface area (Å²) in [6.07, 6.45) is 0. The van der Waals surface area contributed by atoms with E-state index < -0.39 is 0 Å². The highest BCUT2D eigenvalue weighted by molar-refractivity contribution is 6.11. The summed E-state index contributed by atoms with van der Waals surface area (Å²) >= 11 is 0. The highest BCUT2D eigenvalue weighted by Gasteiger charge is 2.23. The zero-order chi connectivity index (χ0) is 10.4. The molecule has 15 heavy (non-hydrogen) atoms. The van der Waals surface area contributed by atoms with Crippen molar-refractivity contribution in [3.8, 4) is 0 Å². The minimum absolute atomic E-state index is 0.202. The molecule has 0 bridgehead atoms. The number of Topliss-reactive ketones (excluding diaryl/α,β-unsaturated/α-hetero) is 1. The van der Waals surface area contributed by atoms with Crippen LogP contribution in [0.15, 0.2) is 24.3 Å². The van der Waals surface area contributed by atoms with Gasteiger partial charge in [-0.2, -0.15) is 0 Å². The number of carbonyl (C=O) groups is 1. The Morgan fingerprint density at radius 3 is 2.93 bits per heavy atom. The zero-order valence-corrected chi connectivity index (χ0v) is 8.58. The van der Waals surface area contributed by atoms with Crippen molar-refractivity contribution >= 4 is 16.7 Å². The Balaban J connectivity index is 2.46. The van der Waals surface area contributed by atoms with Crippen LogP contribution < -0.4 is 5.32 Å². The van der Waals surface area contributed by atoms with Gasteiger partial charge in [-0.15, -0.1) is 0 Å². The molecule has 1 aromatic carbocycles. The molecule has 3 nitrogen and oxygen atoms in total. The number of aryl methyl sites for hydroxylation is 1. The van der Waals surface area contributed by atoms with Crippen molar-refractivity contribution in [3.63, 3.8) is 0 Å². The third-order valence-corrected chi connectivity index (χ3v) is 3.09. The quantitative estimate of drug-likeness (QED) is 0.698. The lowest BCUT2D eigenvalue weighted by Gasteiger charge is -2.13. The van der Waals surface area contributed by atoms with Crippen LogP contribution in [-0.2, 0) is 13.6 Å². The van der Waals surface area contributed by atoms with E-state index in [1.165, 1.54) is 0 Å². The lowest BCUT2D eigenvalue weighted by atomic mass is 10.0. The highest BCUT2D eigenvalue weighted by atomic mass is 16.1. The number of benzene rings is 1. The van der Waals surface area contributed by atoms with Gasteiger partial charge in [0, 0.05) is 35.8 Å². The van der Waals surface area contributed by atoms with Crippen LogP contribution >= 0.6 is 0 Å². The topological polar surface area (TPSA) is 34.0 Å². The number of fused-ring (bicyclic) bond motifs is 3. The van der Waals surface area contributed by atoms with E-state index in [2.05, 4.69) is 16.0 Å². The Kier molecular flexibility index (Phi) is 1.70. The molecule has 0 unspecified atom stereocenters. The van der Waals surface area contributed by atoms with Gasteiger partial charge in [0.05, 0.1) is 6.54 Å². The molecule has 2 aromatic rings. The Morgan fingerprint density at radius 1 is 1.27 bits per heavy atom. The number of carbonyl (C=O) groups excluding carboxylic acids is 1. The van der Waals surface area contributed by atoms with E-state index in [0.29, 0.717) is 6.54 Å². The Morgan fingerprint density at radius 2 is 2.07 bits per heavy atom. The molecule has 3 heteroatoms. The minimum Gasteiger partial charge on any atom is -0.346 e. The first-order valence-corrected chi connectivity index (χ1v) is 5.09. The number of ketones is 1. The van der Waals surface area contributed by atoms with Gasteiger partial charge in [0.25, 0.3) is 0 Å². The first-order chi connectivity index (χ1) is 7.29. The number of aromatic nitrogens is 1. The average molecular weight is 200 g/mol. The van der Waals surface area contributed by atoms with Crippen LogP contribution in [0, 0.1) is 0 Å². The molecule has 1 N–H and O–H groups in total. The number of para-hydroxylation sites is 1. The molecule has 1 aliphatic heterocycles. The van der Waals surface area contributed by atoms with Gasteiger partial charge >= 0.3 is 0 Å². The molecule has 2 heterocycles. The lowest BCUT2D eigenvalue weighted by Crippen LogP contribution is -2.30. The van der Waals surface area contributed by atoms with Crippen molar-refractivity contribution in [2.45, 2.75) is 6.54 Å². The van der Waals surface area contributed by atoms with E-state index >= 15 is 0 Å². The van der Waals surface area contributed by atoms with Gasteiger partial charge in [-0.05, 0) is 6.07 Å². The molecule has 76 valence electrons. The monoisotopic (exact) mass is 200 g/mol. The largest absolute Gasteiger partial charge is 0.346 e. The molecule has 0 aliphatic carbocycles. The van der Waals surface area contributed by atoms with Gasteiger partial charge in [-0.1, -0.05) is 18.2 Å². The zero-order valence-electron chi connectivity index (χ0n) is 8.58. The number of rotatable bonds is 0. The van der Waals surface area contributed by atoms with E-state index in [9.17, 15) is 4.79 Å². The molecule has 1 aliphatic rings. The summed E-state index contributed by atoms with van der Waals surface area (Å²) in [6, 6.07) is 8.07. The second kappa shape index (κ2) is 2.94. The molecule has 0 radical (unpaired) electrons. The van der Waals surface area contributed by atoms with Crippen molar-refractivity contribution in [3.05, 3.63) is 35.5 Å². The smallest absolute Gasteiger partial charge is 0.179 e. The maximum atomic E-state index is 11.8. The fourth-order valence-corrected chi connectivity index (χ4v) is 2.35. The normalized spacial score (nSPS) is 15.7. The molecular weight excluding hydrogens is 188 g/mol. The summed E-state index contributed by atoms with van der Waals surface area (Å²) in [4.78, 5) is 11.8. The number of hydrogen-bond acceptors (Lipinski definition) is 2. The molecule has 0 spiro atoms. The summed E-state index contributed by atoms with van der Waals surface area (Å²) < 4.78 is 2.11. The van der Waals surface area contributed by atoms with E-state index in [1.807, 2.05) is 25.2 Å². The third-order valence-electron chi connectivity index (χ3n) is 3.09. The second-order valence-corrected chi connectivity index (χ2v) is 3.92. The van der Waals surface area contributed by atoms with Crippen LogP contribution in [0.25, 0.3) is 10.9 Å². The van der Waals surface area contributed by atoms with Crippen LogP contribution in [0.3, 0.4) is 0 Å². The van der Waals surface area contributed by atoms with E-state index in [1.54, 1.807) is 0 Å². The highest BCUT2D eigenvalue weighted by Crippen LogP contribution is 2.27. The maximum Gasteiger partial charge on any atom is 0.179 e. The van der Waals surface area contributed by atoms with Crippen LogP contribution in [0.1, 0.15) is 16.1 Å². The van der Waals surface area contributed by atoms with Gasteiger partial charge in [0.2, 0.25) is 0 Å². The molecule has 0 saturated heterocycles. The molecule has 3 rings (SSSR count). The fraction of sp³-hybridized carbons (Fsp3) is 0.250. The van der Waals surface area contributed by atoms with Gasteiger partial charge in [-0.3, -0.25) is 4.79 Å². The van der Waals surface area contributed by atoms with Crippen molar-refractivity contribution in [2.75, 3.05) is 6.54 Å². The standard InChI is InChI=1S/C12H12N2O/c1-14-9-5-3-2-4-8(9)12-10(14)6-13-7-11(12)15/h2-5,13H,6-7H2,1H3. The van der Waals surface area contributed by atoms with Crippen molar-refractivity contribution in [1.82, 2.24) is 9.88 Å². The van der Waals surface area contributed by atoms with Gasteiger partial charge in [0.15, 0.2) is 5.78 Å². The summed E-state index contributed by atoms with van der Waals surface area (Å²) in [5.74, 6) is 0.202. The number of hydrogen-bond donors (Lipinski definition) is 1. The van der Waals surface area contributed by atoms with Gasteiger partial charge in [0.1, 0.15) is 0 Å². The van der Waals surface area contributed by atoms with Crippen molar-refractivity contribution < 1.29 is 4.79 Å². The Hall–Kier alpha value is -1.61. The molecule has 1 aromatic heterocycles. The van der Waals surface area contributed by atoms with E-state index in [-0.39, 0.29) is 5.78 Å². The van der Waals surface area contributed by atoms with Crippen LogP contribution in [0.5, 0.6) is 0 Å². The van der Waals surface area contributed by atoms with Crippen LogP contribution in [0.2, 0.25) is 0 Å². The molecule has 0 atom stereocenters. The van der Waals surface area contributed by atoms with Crippen molar-refractivity contribution in [2.24, 2.45) is 7.05 Å². The maximum absolute atomic E-state index is 11.8. The fourth-order valence-electron chi connectivity index (χ4n) is 2.35. The summed E-state index contributed by atoms with van der Waals surface area (Å²) in [5.41, 5.74) is 3.15. The minimum atomic E-state index is 0.202. The third kappa shape index (κ3) is 1.07. The summed E-state index contributed by atoms with van der Waals surface area (Å²) in [5, 5.41) is 4.21. The average Bonchev–Trinajstić information content (AvgIpc) is 2.55. The molecule has 0 saturated carbocycles. The number of nitrogens with one attached hydrogen (secondary N) is 1. The van der Waals surface area contributed by atoms with E-state index in [0.717, 1.165) is 28.7 Å². The van der Waals surface area contributed by atoms with Crippen LogP contribution in [-0.4, -0.2) is 16.9 Å². The second-order valence-electron chi connectivity index (χ2n) is 3.92. The van der Waals surface area contributed by atoms with Crippen LogP contribution in [0.4, 0.5) is 0 Å².